The van der Waals surface area contributed by atoms with Gasteiger partial charge in [-0.1, -0.05) is 36.4 Å². The minimum Gasteiger partial charge on any atom is -0.495 e. The molecule has 29 heavy (non-hydrogen) atoms. The van der Waals surface area contributed by atoms with Crippen molar-refractivity contribution in [1.82, 2.24) is 5.43 Å². The molecule has 0 aromatic heterocycles. The number of ether oxygens (including phenoxy) is 2. The summed E-state index contributed by atoms with van der Waals surface area (Å²) in [5.41, 5.74) is 4.22. The van der Waals surface area contributed by atoms with Crippen molar-refractivity contribution in [2.75, 3.05) is 12.4 Å². The van der Waals surface area contributed by atoms with Crippen LogP contribution in [0.3, 0.4) is 0 Å². The number of methoxy groups -OCH3 is 1. The molecular weight excluding hydrogens is 374 g/mol. The van der Waals surface area contributed by atoms with Gasteiger partial charge in [0.15, 0.2) is 0 Å². The van der Waals surface area contributed by atoms with Gasteiger partial charge in [-0.25, -0.2) is 10.2 Å². The van der Waals surface area contributed by atoms with E-state index in [1.54, 1.807) is 42.5 Å². The number of nitrogens with one attached hydrogen (secondary N) is 2. The van der Waals surface area contributed by atoms with Crippen LogP contribution in [0.1, 0.15) is 30.1 Å². The summed E-state index contributed by atoms with van der Waals surface area (Å²) >= 11 is 0. The highest BCUT2D eigenvalue weighted by atomic mass is 16.5. The Bertz CT molecular complexity index is 956. The zero-order chi connectivity index (χ0) is 20.8. The highest BCUT2D eigenvalue weighted by Crippen LogP contribution is 2.28. The van der Waals surface area contributed by atoms with Crippen LogP contribution in [0.5, 0.6) is 5.75 Å². The van der Waals surface area contributed by atoms with Gasteiger partial charge >= 0.3 is 5.97 Å². The Kier molecular flexibility index (Phi) is 6.23. The maximum absolute atomic E-state index is 13.0. The first-order chi connectivity index (χ1) is 14.0. The van der Waals surface area contributed by atoms with Crippen molar-refractivity contribution >= 4 is 29.2 Å². The van der Waals surface area contributed by atoms with Crippen LogP contribution < -0.4 is 15.5 Å². The molecular formula is C21H21N3O5. The van der Waals surface area contributed by atoms with Gasteiger partial charge in [0.2, 0.25) is 12.0 Å². The lowest BCUT2D eigenvalue weighted by Crippen LogP contribution is -2.33. The molecule has 1 aliphatic heterocycles. The molecule has 150 valence electrons. The lowest BCUT2D eigenvalue weighted by molar-refractivity contribution is -0.148. The van der Waals surface area contributed by atoms with Crippen molar-refractivity contribution in [2.45, 2.75) is 25.9 Å². The number of carbonyl (C=O) groups excluding carboxylic acids is 3. The molecule has 1 aliphatic rings. The van der Waals surface area contributed by atoms with E-state index < -0.39 is 18.0 Å². The van der Waals surface area contributed by atoms with Gasteiger partial charge in [0, 0.05) is 18.4 Å². The molecule has 0 fully saturated rings. The van der Waals surface area contributed by atoms with Gasteiger partial charge in [0.25, 0.3) is 5.91 Å². The summed E-state index contributed by atoms with van der Waals surface area (Å²) in [6.07, 6.45) is -0.912. The van der Waals surface area contributed by atoms with E-state index in [-0.39, 0.29) is 24.5 Å². The number of aryl methyl sites for hydroxylation is 1. The van der Waals surface area contributed by atoms with Crippen molar-refractivity contribution in [3.05, 3.63) is 59.7 Å². The van der Waals surface area contributed by atoms with Gasteiger partial charge in [0.1, 0.15) is 11.5 Å². The molecule has 3 rings (SSSR count). The summed E-state index contributed by atoms with van der Waals surface area (Å²) < 4.78 is 10.8. The van der Waals surface area contributed by atoms with Crippen molar-refractivity contribution in [2.24, 2.45) is 5.10 Å². The number of carbonyl (C=O) groups is 3. The predicted molar refractivity (Wildman–Crippen MR) is 106 cm³/mol. The van der Waals surface area contributed by atoms with Crippen molar-refractivity contribution in [1.29, 1.82) is 0 Å². The molecule has 2 N–H and O–H groups in total. The zero-order valence-electron chi connectivity index (χ0n) is 16.1. The second-order valence-corrected chi connectivity index (χ2v) is 6.48. The number of benzene rings is 2. The number of hydrogen-bond donors (Lipinski definition) is 2. The Morgan fingerprint density at radius 3 is 2.55 bits per heavy atom. The average molecular weight is 395 g/mol. The number of hydrogen-bond acceptors (Lipinski definition) is 6. The van der Waals surface area contributed by atoms with Crippen LogP contribution in [0.15, 0.2) is 53.6 Å². The van der Waals surface area contributed by atoms with E-state index in [2.05, 4.69) is 15.8 Å². The molecule has 8 heteroatoms. The smallest absolute Gasteiger partial charge is 0.355 e. The standard InChI is InChI=1S/C21H21N3O5/c1-13-8-10-17(28-2)16(12-13)22-20(26)19(14-6-4-3-5-7-14)29-21(27)15-9-11-18(25)24-23-15/h3-8,10,12,19H,9,11H2,1-2H3,(H,22,26)(H,24,25)/t19-/m1/s1. The highest BCUT2D eigenvalue weighted by Gasteiger charge is 2.29. The number of hydrazone groups is 1. The molecule has 2 aromatic carbocycles. The van der Waals surface area contributed by atoms with Crippen molar-refractivity contribution < 1.29 is 23.9 Å². The molecule has 8 nitrogen and oxygen atoms in total. The average Bonchev–Trinajstić information content (AvgIpc) is 2.73. The van der Waals surface area contributed by atoms with E-state index in [0.717, 1.165) is 5.56 Å². The molecule has 0 bridgehead atoms. The molecule has 2 amide bonds. The maximum Gasteiger partial charge on any atom is 0.355 e. The first-order valence-electron chi connectivity index (χ1n) is 9.04. The number of rotatable bonds is 6. The number of anilines is 1. The van der Waals surface area contributed by atoms with Gasteiger partial charge in [0.05, 0.1) is 12.8 Å². The Morgan fingerprint density at radius 2 is 1.90 bits per heavy atom. The van der Waals surface area contributed by atoms with Crippen LogP contribution in [0.2, 0.25) is 0 Å². The van der Waals surface area contributed by atoms with Crippen LogP contribution in [0.4, 0.5) is 5.69 Å². The monoisotopic (exact) mass is 395 g/mol. The van der Waals surface area contributed by atoms with E-state index in [9.17, 15) is 14.4 Å². The van der Waals surface area contributed by atoms with Crippen molar-refractivity contribution in [3.63, 3.8) is 0 Å². The van der Waals surface area contributed by atoms with Crippen LogP contribution >= 0.6 is 0 Å². The van der Waals surface area contributed by atoms with Gasteiger partial charge in [-0.2, -0.15) is 5.10 Å². The third kappa shape index (κ3) is 4.98. The normalized spacial score (nSPS) is 14.3. The van der Waals surface area contributed by atoms with Crippen LogP contribution in [0, 0.1) is 6.92 Å². The molecule has 0 radical (unpaired) electrons. The lowest BCUT2D eigenvalue weighted by Gasteiger charge is -2.20. The number of esters is 1. The fraction of sp³-hybridized carbons (Fsp3) is 0.238. The number of nitrogens with zero attached hydrogens (tertiary/aromatic N) is 1. The molecule has 0 saturated heterocycles. The zero-order valence-corrected chi connectivity index (χ0v) is 16.1. The minimum absolute atomic E-state index is 0.0615. The Morgan fingerprint density at radius 1 is 1.14 bits per heavy atom. The second-order valence-electron chi connectivity index (χ2n) is 6.48. The summed E-state index contributed by atoms with van der Waals surface area (Å²) in [5, 5.41) is 6.50. The molecule has 0 saturated carbocycles. The maximum atomic E-state index is 13.0. The topological polar surface area (TPSA) is 106 Å². The van der Waals surface area contributed by atoms with Crippen LogP contribution in [-0.4, -0.2) is 30.6 Å². The van der Waals surface area contributed by atoms with Gasteiger partial charge in [-0.3, -0.25) is 9.59 Å². The van der Waals surface area contributed by atoms with E-state index in [1.165, 1.54) is 7.11 Å². The van der Waals surface area contributed by atoms with E-state index in [4.69, 9.17) is 9.47 Å². The summed E-state index contributed by atoms with van der Waals surface area (Å²) in [6, 6.07) is 14.0. The largest absolute Gasteiger partial charge is 0.495 e. The summed E-state index contributed by atoms with van der Waals surface area (Å²) in [4.78, 5) is 36.8. The van der Waals surface area contributed by atoms with E-state index in [1.807, 2.05) is 13.0 Å². The molecule has 0 spiro atoms. The molecule has 0 unspecified atom stereocenters. The fourth-order valence-corrected chi connectivity index (χ4v) is 2.81. The summed E-state index contributed by atoms with van der Waals surface area (Å²) in [7, 11) is 1.50. The Hall–Kier alpha value is -3.68. The lowest BCUT2D eigenvalue weighted by atomic mass is 10.1. The predicted octanol–water partition coefficient (Wildman–Crippen LogP) is 2.49. The molecule has 0 aliphatic carbocycles. The summed E-state index contributed by atoms with van der Waals surface area (Å²) in [6.45, 7) is 1.89. The SMILES string of the molecule is COc1ccc(C)cc1NC(=O)[C@H](OC(=O)C1=NNC(=O)CC1)c1ccccc1. The quantitative estimate of drug-likeness (QED) is 0.731. The van der Waals surface area contributed by atoms with E-state index >= 15 is 0 Å². The van der Waals surface area contributed by atoms with Gasteiger partial charge in [-0.15, -0.1) is 0 Å². The summed E-state index contributed by atoms with van der Waals surface area (Å²) in [5.74, 6) is -1.08. The van der Waals surface area contributed by atoms with Crippen LogP contribution in [-0.2, 0) is 19.1 Å². The Labute approximate surface area is 167 Å². The van der Waals surface area contributed by atoms with Crippen molar-refractivity contribution in [3.8, 4) is 5.75 Å². The first kappa shape index (κ1) is 20.1. The molecule has 1 atom stereocenters. The highest BCUT2D eigenvalue weighted by molar-refractivity contribution is 6.37. The molecule has 1 heterocycles. The number of amides is 2. The molecule has 2 aromatic rings. The second kappa shape index (κ2) is 9.01. The Balaban J connectivity index is 1.84. The van der Waals surface area contributed by atoms with Gasteiger partial charge < -0.3 is 14.8 Å². The minimum atomic E-state index is -1.20. The van der Waals surface area contributed by atoms with Gasteiger partial charge in [-0.05, 0) is 24.6 Å². The fourth-order valence-electron chi connectivity index (χ4n) is 2.81. The first-order valence-corrected chi connectivity index (χ1v) is 9.04. The van der Waals surface area contributed by atoms with E-state index in [0.29, 0.717) is 17.0 Å². The van der Waals surface area contributed by atoms with Crippen LogP contribution in [0.25, 0.3) is 0 Å². The third-order valence-electron chi connectivity index (χ3n) is 4.32. The third-order valence-corrected chi connectivity index (χ3v) is 4.32.